The van der Waals surface area contributed by atoms with Crippen LogP contribution in [0.1, 0.15) is 11.1 Å². The Labute approximate surface area is 360 Å². The van der Waals surface area contributed by atoms with Gasteiger partial charge in [0.25, 0.3) is 0 Å². The first-order valence-corrected chi connectivity index (χ1v) is 24.4. The summed E-state index contributed by atoms with van der Waals surface area (Å²) in [5.74, 6) is 0.367. The van der Waals surface area contributed by atoms with Gasteiger partial charge in [-0.05, 0) is 0 Å². The van der Waals surface area contributed by atoms with Gasteiger partial charge in [0.15, 0.2) is 0 Å². The molecule has 0 unspecified atom stereocenters. The van der Waals surface area contributed by atoms with Crippen LogP contribution in [-0.4, -0.2) is 74.4 Å². The van der Waals surface area contributed by atoms with Crippen molar-refractivity contribution >= 4 is 47.8 Å². The zero-order valence-electron chi connectivity index (χ0n) is 32.6. The molecule has 0 heterocycles. The van der Waals surface area contributed by atoms with Crippen LogP contribution in [-0.2, 0) is 37.3 Å². The van der Waals surface area contributed by atoms with Crippen molar-refractivity contribution in [1.82, 2.24) is 0 Å². The molecule has 5 aromatic rings. The summed E-state index contributed by atoms with van der Waals surface area (Å²) in [4.78, 5) is 0. The van der Waals surface area contributed by atoms with Crippen molar-refractivity contribution in [3.8, 4) is 17.2 Å². The van der Waals surface area contributed by atoms with Crippen molar-refractivity contribution in [2.24, 2.45) is 0 Å². The minimum atomic E-state index is -5.11. The van der Waals surface area contributed by atoms with Crippen LogP contribution in [0.25, 0.3) is 0 Å². The standard InChI is InChI=1S/C42H43BF6I2O9/c1-52-21-23-54-25-27-56-38-17-13-36(14-18-38)50(34-9-5-3-6-10-34)59-43(58-40-30-32(41(44,45)46)29-33(31-40)42(47,48)49)60-51(35-11-7-4-8-12-35)37-15-19-39(20-16-37)57-28-26-55-24-22-53-2/h3-20,29-31H,21-28H2,1-2H3. The van der Waals surface area contributed by atoms with E-state index in [1.54, 1.807) is 87.0 Å². The van der Waals surface area contributed by atoms with Crippen LogP contribution in [0.15, 0.2) is 127 Å². The molecular weight excluding hydrogens is 1030 g/mol. The van der Waals surface area contributed by atoms with E-state index in [1.165, 1.54) is 0 Å². The van der Waals surface area contributed by atoms with Gasteiger partial charge in [0.2, 0.25) is 0 Å². The predicted octanol–water partition coefficient (Wildman–Crippen LogP) is 10.5. The Morgan fingerprint density at radius 1 is 0.433 bits per heavy atom. The van der Waals surface area contributed by atoms with E-state index in [0.29, 0.717) is 63.3 Å². The van der Waals surface area contributed by atoms with Crippen molar-refractivity contribution in [2.75, 3.05) is 67.1 Å². The van der Waals surface area contributed by atoms with Crippen molar-refractivity contribution in [1.29, 1.82) is 0 Å². The third-order valence-corrected chi connectivity index (χ3v) is 17.1. The molecule has 0 aliphatic carbocycles. The molecule has 0 N–H and O–H groups in total. The maximum absolute atomic E-state index is 14.0. The Bertz CT molecular complexity index is 1840. The van der Waals surface area contributed by atoms with Gasteiger partial charge in [-0.1, -0.05) is 0 Å². The van der Waals surface area contributed by atoms with Crippen LogP contribution in [0.2, 0.25) is 0 Å². The van der Waals surface area contributed by atoms with Gasteiger partial charge in [-0.3, -0.25) is 0 Å². The van der Waals surface area contributed by atoms with E-state index in [1.807, 2.05) is 36.4 Å². The number of rotatable bonds is 24. The second-order valence-electron chi connectivity index (χ2n) is 12.2. The molecule has 0 saturated carbocycles. The van der Waals surface area contributed by atoms with Crippen LogP contribution in [0.3, 0.4) is 0 Å². The fourth-order valence-corrected chi connectivity index (χ4v) is 13.5. The molecule has 0 fully saturated rings. The van der Waals surface area contributed by atoms with Crippen molar-refractivity contribution in [3.05, 3.63) is 153 Å². The van der Waals surface area contributed by atoms with Crippen LogP contribution >= 0.6 is 40.5 Å². The summed E-state index contributed by atoms with van der Waals surface area (Å²) in [6.07, 6.45) is -10.2. The van der Waals surface area contributed by atoms with Gasteiger partial charge in [0, 0.05) is 0 Å². The average Bonchev–Trinajstić information content (AvgIpc) is 3.24. The van der Waals surface area contributed by atoms with Crippen LogP contribution in [0.4, 0.5) is 26.3 Å². The van der Waals surface area contributed by atoms with Crippen molar-refractivity contribution < 1.29 is 65.4 Å². The molecule has 0 atom stereocenters. The molecule has 5 rings (SSSR count). The number of ether oxygens (including phenoxy) is 6. The Morgan fingerprint density at radius 3 is 1.17 bits per heavy atom. The molecular formula is C42H43BF6I2O9. The second kappa shape index (κ2) is 24.1. The van der Waals surface area contributed by atoms with Gasteiger partial charge in [-0.15, -0.1) is 0 Å². The summed E-state index contributed by atoms with van der Waals surface area (Å²) in [7, 11) is 1.40. The number of benzene rings is 5. The first kappa shape index (κ1) is 47.4. The summed E-state index contributed by atoms with van der Waals surface area (Å²) in [6, 6.07) is 33.5. The van der Waals surface area contributed by atoms with E-state index in [0.717, 1.165) is 14.3 Å². The third-order valence-electron chi connectivity index (χ3n) is 7.86. The Kier molecular flexibility index (Phi) is 19.1. The van der Waals surface area contributed by atoms with Gasteiger partial charge in [-0.2, -0.15) is 0 Å². The quantitative estimate of drug-likeness (QED) is 0.0260. The van der Waals surface area contributed by atoms with Gasteiger partial charge in [0.1, 0.15) is 0 Å². The molecule has 9 nitrogen and oxygen atoms in total. The summed E-state index contributed by atoms with van der Waals surface area (Å²) in [5, 5.41) is 0. The van der Waals surface area contributed by atoms with E-state index >= 15 is 0 Å². The molecule has 18 heteroatoms. The maximum atomic E-state index is 14.0. The fraction of sp³-hybridized carbons (Fsp3) is 0.286. The predicted molar refractivity (Wildman–Crippen MR) is 230 cm³/mol. The van der Waals surface area contributed by atoms with E-state index in [4.69, 9.17) is 39.0 Å². The molecule has 0 bridgehead atoms. The zero-order chi connectivity index (χ0) is 42.8. The Balaban J connectivity index is 1.50. The first-order chi connectivity index (χ1) is 28.9. The molecule has 0 saturated heterocycles. The molecule has 60 heavy (non-hydrogen) atoms. The van der Waals surface area contributed by atoms with E-state index in [-0.39, 0.29) is 19.3 Å². The van der Waals surface area contributed by atoms with Gasteiger partial charge in [0.05, 0.1) is 0 Å². The SMILES string of the molecule is COCCOCCOc1ccc(I(OB(Oc2cc(C(F)(F)F)cc(C(F)(F)F)c2)OI(c2ccccc2)c2ccc(OCCOCCOC)cc2)c2ccccc2)cc1. The molecule has 324 valence electrons. The monoisotopic (exact) mass is 1070 g/mol. The summed E-state index contributed by atoms with van der Waals surface area (Å²) in [5.41, 5.74) is -3.08. The number of hydrogen-bond acceptors (Lipinski definition) is 9. The molecule has 0 amide bonds. The van der Waals surface area contributed by atoms with Gasteiger partial charge >= 0.3 is 363 Å². The topological polar surface area (TPSA) is 83.1 Å². The number of alkyl halides is 6. The van der Waals surface area contributed by atoms with E-state index in [2.05, 4.69) is 0 Å². The second-order valence-corrected chi connectivity index (χ2v) is 21.1. The minimum absolute atomic E-state index is 0.0413. The normalized spacial score (nSPS) is 12.2. The van der Waals surface area contributed by atoms with E-state index in [9.17, 15) is 26.3 Å². The van der Waals surface area contributed by atoms with Crippen LogP contribution in [0.5, 0.6) is 17.2 Å². The van der Waals surface area contributed by atoms with Crippen LogP contribution < -0.4 is 14.1 Å². The van der Waals surface area contributed by atoms with Gasteiger partial charge < -0.3 is 0 Å². The van der Waals surface area contributed by atoms with E-state index < -0.39 is 77.0 Å². The number of methoxy groups -OCH3 is 2. The third kappa shape index (κ3) is 15.4. The van der Waals surface area contributed by atoms with Crippen LogP contribution in [0, 0.1) is 14.3 Å². The molecule has 0 spiro atoms. The Hall–Kier alpha value is -3.64. The molecule has 5 aromatic carbocycles. The summed E-state index contributed by atoms with van der Waals surface area (Å²) >= 11 is -6.27. The molecule has 0 aromatic heterocycles. The molecule has 0 aliphatic heterocycles. The first-order valence-electron chi connectivity index (χ1n) is 18.3. The molecule has 0 radical (unpaired) electrons. The number of halogens is 8. The van der Waals surface area contributed by atoms with Gasteiger partial charge in [-0.25, -0.2) is 0 Å². The zero-order valence-corrected chi connectivity index (χ0v) is 36.9. The Morgan fingerprint density at radius 2 is 0.800 bits per heavy atom. The summed E-state index contributed by atoms with van der Waals surface area (Å²) < 4.78 is 139. The average molecular weight is 1070 g/mol. The summed E-state index contributed by atoms with van der Waals surface area (Å²) in [6.45, 7) is 2.99. The fourth-order valence-electron chi connectivity index (χ4n) is 5.03. The molecule has 0 aliphatic rings. The number of hydrogen-bond donors (Lipinski definition) is 0. The van der Waals surface area contributed by atoms with Crippen molar-refractivity contribution in [2.45, 2.75) is 12.4 Å². The van der Waals surface area contributed by atoms with Crippen molar-refractivity contribution in [3.63, 3.8) is 0 Å².